The summed E-state index contributed by atoms with van der Waals surface area (Å²) in [4.78, 5) is 0. The molecular formula is C27H25Si. The molecule has 2 unspecified atom stereocenters. The van der Waals surface area contributed by atoms with Gasteiger partial charge in [-0.15, -0.1) is 0 Å². The summed E-state index contributed by atoms with van der Waals surface area (Å²) in [6.07, 6.45) is 4.85. The third-order valence-electron chi connectivity index (χ3n) is 6.28. The van der Waals surface area contributed by atoms with E-state index in [1.165, 1.54) is 22.7 Å². The van der Waals surface area contributed by atoms with E-state index < -0.39 is 8.80 Å². The van der Waals surface area contributed by atoms with E-state index in [0.717, 1.165) is 0 Å². The van der Waals surface area contributed by atoms with Gasteiger partial charge in [-0.05, 0) is 53.2 Å². The summed E-state index contributed by atoms with van der Waals surface area (Å²) in [6.45, 7) is 4.69. The third kappa shape index (κ3) is 2.91. The zero-order valence-corrected chi connectivity index (χ0v) is 17.5. The van der Waals surface area contributed by atoms with Gasteiger partial charge in [-0.25, -0.2) is 0 Å². The van der Waals surface area contributed by atoms with Crippen LogP contribution < -0.4 is 0 Å². The molecule has 28 heavy (non-hydrogen) atoms. The fraction of sp³-hybridized carbons (Fsp3) is 0.185. The highest BCUT2D eigenvalue weighted by atomic mass is 28.3. The molecule has 1 radical (unpaired) electrons. The van der Waals surface area contributed by atoms with Gasteiger partial charge in [0.05, 0.1) is 8.80 Å². The van der Waals surface area contributed by atoms with Gasteiger partial charge in [0.2, 0.25) is 0 Å². The summed E-state index contributed by atoms with van der Waals surface area (Å²) >= 11 is 0. The van der Waals surface area contributed by atoms with Crippen molar-refractivity contribution in [3.8, 4) is 0 Å². The van der Waals surface area contributed by atoms with E-state index in [1.54, 1.807) is 22.3 Å². The van der Waals surface area contributed by atoms with Gasteiger partial charge in [0, 0.05) is 0 Å². The number of rotatable bonds is 4. The van der Waals surface area contributed by atoms with Gasteiger partial charge in [0.1, 0.15) is 0 Å². The molecule has 2 aliphatic rings. The molecule has 0 bridgehead atoms. The third-order valence-corrected chi connectivity index (χ3v) is 10.1. The Morgan fingerprint density at radius 2 is 1.07 bits per heavy atom. The van der Waals surface area contributed by atoms with Gasteiger partial charge < -0.3 is 0 Å². The fourth-order valence-electron chi connectivity index (χ4n) is 5.14. The Labute approximate surface area is 169 Å². The summed E-state index contributed by atoms with van der Waals surface area (Å²) in [5.74, 6) is 0. The summed E-state index contributed by atoms with van der Waals surface area (Å²) in [5.41, 5.74) is 11.6. The SMILES string of the molecule is CC1=Cc2ccccc2C1[Si](Cc1ccccc1)C1C(C)=Cc2ccccc21. The molecule has 0 heterocycles. The molecule has 1 heteroatoms. The van der Waals surface area contributed by atoms with Crippen molar-refractivity contribution in [1.29, 1.82) is 0 Å². The second-order valence-corrected chi connectivity index (χ2v) is 10.8. The van der Waals surface area contributed by atoms with Crippen LogP contribution in [0.25, 0.3) is 12.2 Å². The first-order valence-electron chi connectivity index (χ1n) is 10.2. The lowest BCUT2D eigenvalue weighted by molar-refractivity contribution is 0.978. The van der Waals surface area contributed by atoms with Crippen LogP contribution in [0.1, 0.15) is 52.7 Å². The Morgan fingerprint density at radius 1 is 0.607 bits per heavy atom. The first-order valence-corrected chi connectivity index (χ1v) is 12.0. The largest absolute Gasteiger partial charge is 0.0794 e. The molecule has 2 aliphatic carbocycles. The van der Waals surface area contributed by atoms with E-state index in [1.807, 2.05) is 0 Å². The summed E-state index contributed by atoms with van der Waals surface area (Å²) in [6, 6.07) is 30.4. The molecule has 5 rings (SSSR count). The minimum Gasteiger partial charge on any atom is -0.0681 e. The average Bonchev–Trinajstić information content (AvgIpc) is 3.22. The lowest BCUT2D eigenvalue weighted by Crippen LogP contribution is -2.34. The van der Waals surface area contributed by atoms with Crippen molar-refractivity contribution in [3.05, 3.63) is 118 Å². The van der Waals surface area contributed by atoms with Crippen molar-refractivity contribution in [2.75, 3.05) is 0 Å². The Hall–Kier alpha value is -2.64. The maximum Gasteiger partial charge on any atom is 0.0794 e. The van der Waals surface area contributed by atoms with Gasteiger partial charge >= 0.3 is 0 Å². The first kappa shape index (κ1) is 17.5. The molecule has 0 saturated carbocycles. The van der Waals surface area contributed by atoms with Crippen molar-refractivity contribution in [2.45, 2.75) is 31.0 Å². The van der Waals surface area contributed by atoms with Crippen molar-refractivity contribution >= 4 is 20.9 Å². The van der Waals surface area contributed by atoms with Crippen LogP contribution in [0.15, 0.2) is 90.0 Å². The smallest absolute Gasteiger partial charge is 0.0681 e. The quantitative estimate of drug-likeness (QED) is 0.442. The van der Waals surface area contributed by atoms with Gasteiger partial charge in [0.25, 0.3) is 0 Å². The molecule has 0 nitrogen and oxygen atoms in total. The van der Waals surface area contributed by atoms with Crippen LogP contribution in [0.3, 0.4) is 0 Å². The highest BCUT2D eigenvalue weighted by Crippen LogP contribution is 2.47. The molecule has 2 atom stereocenters. The maximum absolute atomic E-state index is 2.43. The van der Waals surface area contributed by atoms with Crippen molar-refractivity contribution in [1.82, 2.24) is 0 Å². The van der Waals surface area contributed by atoms with E-state index >= 15 is 0 Å². The monoisotopic (exact) mass is 377 g/mol. The van der Waals surface area contributed by atoms with Crippen LogP contribution >= 0.6 is 0 Å². The minimum absolute atomic E-state index is 0.570. The Bertz CT molecular complexity index is 1010. The molecule has 0 spiro atoms. The van der Waals surface area contributed by atoms with Gasteiger partial charge in [-0.3, -0.25) is 0 Å². The van der Waals surface area contributed by atoms with Crippen LogP contribution in [-0.2, 0) is 6.04 Å². The highest BCUT2D eigenvalue weighted by molar-refractivity contribution is 6.64. The lowest BCUT2D eigenvalue weighted by atomic mass is 10.1. The van der Waals surface area contributed by atoms with Crippen LogP contribution in [0.5, 0.6) is 0 Å². The first-order chi connectivity index (χ1) is 13.7. The van der Waals surface area contributed by atoms with E-state index in [9.17, 15) is 0 Å². The van der Waals surface area contributed by atoms with Crippen LogP contribution in [0.2, 0.25) is 0 Å². The molecule has 0 amide bonds. The van der Waals surface area contributed by atoms with Crippen LogP contribution in [0.4, 0.5) is 0 Å². The topological polar surface area (TPSA) is 0 Å². The lowest BCUT2D eigenvalue weighted by Gasteiger charge is -2.32. The molecule has 0 aliphatic heterocycles. The Kier molecular flexibility index (Phi) is 4.41. The van der Waals surface area contributed by atoms with Gasteiger partial charge in [-0.2, -0.15) is 0 Å². The second kappa shape index (κ2) is 7.07. The Morgan fingerprint density at radius 3 is 1.61 bits per heavy atom. The summed E-state index contributed by atoms with van der Waals surface area (Å²) in [5, 5.41) is 0. The molecule has 0 aromatic heterocycles. The zero-order valence-electron chi connectivity index (χ0n) is 16.5. The molecular weight excluding hydrogens is 352 g/mol. The van der Waals surface area contributed by atoms with Crippen molar-refractivity contribution < 1.29 is 0 Å². The van der Waals surface area contributed by atoms with Crippen LogP contribution in [0, 0.1) is 0 Å². The number of allylic oxidation sites excluding steroid dienone is 2. The molecule has 0 N–H and O–H groups in total. The maximum atomic E-state index is 2.43. The predicted molar refractivity (Wildman–Crippen MR) is 122 cm³/mol. The Balaban J connectivity index is 1.63. The summed E-state index contributed by atoms with van der Waals surface area (Å²) in [7, 11) is -0.810. The molecule has 3 aromatic carbocycles. The molecule has 3 aromatic rings. The van der Waals surface area contributed by atoms with E-state index in [0.29, 0.717) is 11.1 Å². The summed E-state index contributed by atoms with van der Waals surface area (Å²) < 4.78 is 0. The average molecular weight is 378 g/mol. The van der Waals surface area contributed by atoms with Gasteiger partial charge in [-0.1, -0.05) is 108 Å². The van der Waals surface area contributed by atoms with Crippen molar-refractivity contribution in [2.24, 2.45) is 0 Å². The number of hydrogen-bond acceptors (Lipinski definition) is 0. The molecule has 137 valence electrons. The second-order valence-electron chi connectivity index (χ2n) is 8.14. The zero-order chi connectivity index (χ0) is 19.1. The van der Waals surface area contributed by atoms with E-state index in [-0.39, 0.29) is 0 Å². The van der Waals surface area contributed by atoms with Gasteiger partial charge in [0.15, 0.2) is 0 Å². The van der Waals surface area contributed by atoms with Crippen molar-refractivity contribution in [3.63, 3.8) is 0 Å². The molecule has 0 saturated heterocycles. The van der Waals surface area contributed by atoms with E-state index in [2.05, 4.69) is 105 Å². The number of benzene rings is 3. The standard InChI is InChI=1S/C27H25Si/c1-19-16-22-12-6-8-14-24(22)26(19)28(18-21-10-4-3-5-11-21)27-20(2)17-23-13-7-9-15-25(23)27/h3-17,26-27H,18H2,1-2H3. The minimum atomic E-state index is -0.810. The predicted octanol–water partition coefficient (Wildman–Crippen LogP) is 6.74. The molecule has 0 fully saturated rings. The normalized spacial score (nSPS) is 20.0. The fourth-order valence-corrected chi connectivity index (χ4v) is 9.25. The van der Waals surface area contributed by atoms with E-state index in [4.69, 9.17) is 0 Å². The number of hydrogen-bond donors (Lipinski definition) is 0. The van der Waals surface area contributed by atoms with Crippen LogP contribution in [-0.4, -0.2) is 8.80 Å². The highest BCUT2D eigenvalue weighted by Gasteiger charge is 2.40. The number of fused-ring (bicyclic) bond motifs is 2.